The molecule has 114 valence electrons. The molecule has 3 nitrogen and oxygen atoms in total. The van der Waals surface area contributed by atoms with Crippen molar-refractivity contribution in [1.29, 1.82) is 0 Å². The number of rotatable bonds is 6. The van der Waals surface area contributed by atoms with Crippen molar-refractivity contribution in [3.05, 3.63) is 17.0 Å². The lowest BCUT2D eigenvalue weighted by molar-refractivity contribution is -0.144. The Labute approximate surface area is 125 Å². The van der Waals surface area contributed by atoms with Gasteiger partial charge in [0.1, 0.15) is 11.0 Å². The van der Waals surface area contributed by atoms with E-state index >= 15 is 0 Å². The molecule has 1 heterocycles. The summed E-state index contributed by atoms with van der Waals surface area (Å²) in [4.78, 5) is 6.66. The molecule has 0 bridgehead atoms. The molecule has 0 saturated heterocycles. The molecule has 8 heteroatoms. The molecule has 0 aromatic carbocycles. The summed E-state index contributed by atoms with van der Waals surface area (Å²) < 4.78 is 37.8. The summed E-state index contributed by atoms with van der Waals surface area (Å²) in [5, 5.41) is 2.71. The van der Waals surface area contributed by atoms with Gasteiger partial charge in [-0.25, -0.2) is 9.97 Å². The van der Waals surface area contributed by atoms with Crippen LogP contribution in [-0.2, 0) is 6.18 Å². The van der Waals surface area contributed by atoms with Gasteiger partial charge in [0.15, 0.2) is 0 Å². The minimum Gasteiger partial charge on any atom is -0.369 e. The monoisotopic (exact) mass is 327 g/mol. The van der Waals surface area contributed by atoms with Gasteiger partial charge in [0.25, 0.3) is 0 Å². The Bertz CT molecular complexity index is 442. The lowest BCUT2D eigenvalue weighted by Gasteiger charge is -2.30. The minimum absolute atomic E-state index is 0.0319. The normalized spacial score (nSPS) is 12.6. The zero-order chi connectivity index (χ0) is 15.4. The minimum atomic E-state index is -4.60. The first-order valence-electron chi connectivity index (χ1n) is 6.17. The van der Waals surface area contributed by atoms with Crippen molar-refractivity contribution in [1.82, 2.24) is 9.97 Å². The molecule has 0 amide bonds. The highest BCUT2D eigenvalue weighted by Crippen LogP contribution is 2.32. The van der Waals surface area contributed by atoms with E-state index in [-0.39, 0.29) is 15.7 Å². The number of hydrogen-bond acceptors (Lipinski definition) is 4. The molecule has 0 spiro atoms. The van der Waals surface area contributed by atoms with Crippen LogP contribution in [0.1, 0.15) is 32.5 Å². The molecule has 1 aromatic rings. The van der Waals surface area contributed by atoms with Crippen LogP contribution in [0.3, 0.4) is 0 Å². The van der Waals surface area contributed by atoms with Crippen LogP contribution in [0.5, 0.6) is 0 Å². The van der Waals surface area contributed by atoms with Gasteiger partial charge in [-0.05, 0) is 19.1 Å². The van der Waals surface area contributed by atoms with E-state index in [1.807, 2.05) is 6.26 Å². The zero-order valence-corrected chi connectivity index (χ0v) is 13.1. The van der Waals surface area contributed by atoms with Crippen molar-refractivity contribution in [2.75, 3.05) is 18.1 Å². The van der Waals surface area contributed by atoms with Crippen LogP contribution in [-0.4, -0.2) is 27.5 Å². The van der Waals surface area contributed by atoms with Gasteiger partial charge >= 0.3 is 6.18 Å². The predicted octanol–water partition coefficient (Wildman–Crippen LogP) is 4.48. The molecule has 0 atom stereocenters. The number of hydrogen-bond donors (Lipinski definition) is 1. The highest BCUT2D eigenvalue weighted by atomic mass is 35.5. The number of thioether (sulfide) groups is 1. The highest BCUT2D eigenvalue weighted by Gasteiger charge is 2.35. The Balaban J connectivity index is 2.91. The lowest BCUT2D eigenvalue weighted by Crippen LogP contribution is -2.32. The van der Waals surface area contributed by atoms with Gasteiger partial charge in [-0.1, -0.05) is 25.4 Å². The van der Waals surface area contributed by atoms with Crippen molar-refractivity contribution < 1.29 is 13.2 Å². The van der Waals surface area contributed by atoms with Crippen LogP contribution < -0.4 is 5.32 Å². The zero-order valence-electron chi connectivity index (χ0n) is 11.5. The maximum atomic E-state index is 12.6. The van der Waals surface area contributed by atoms with Crippen LogP contribution in [0, 0.1) is 0 Å². The molecular weight excluding hydrogens is 311 g/mol. The molecule has 0 unspecified atom stereocenters. The van der Waals surface area contributed by atoms with Crippen LogP contribution in [0.2, 0.25) is 5.15 Å². The molecule has 0 aliphatic carbocycles. The summed E-state index contributed by atoms with van der Waals surface area (Å²) in [6.45, 7) is 4.62. The number of nitrogens with zero attached hydrogens (tertiary/aromatic N) is 2. The molecule has 1 N–H and O–H groups in total. The third-order valence-corrected chi connectivity index (χ3v) is 5.04. The first-order chi connectivity index (χ1) is 9.26. The topological polar surface area (TPSA) is 37.8 Å². The van der Waals surface area contributed by atoms with Gasteiger partial charge in [-0.2, -0.15) is 24.9 Å². The third kappa shape index (κ3) is 4.41. The maximum Gasteiger partial charge on any atom is 0.451 e. The van der Waals surface area contributed by atoms with Crippen molar-refractivity contribution in [3.8, 4) is 0 Å². The molecule has 0 aliphatic heterocycles. The average Bonchev–Trinajstić information content (AvgIpc) is 2.39. The van der Waals surface area contributed by atoms with E-state index in [9.17, 15) is 13.2 Å². The number of nitrogens with one attached hydrogen (secondary N) is 1. The summed E-state index contributed by atoms with van der Waals surface area (Å²) in [6, 6.07) is 1.30. The van der Waals surface area contributed by atoms with Crippen molar-refractivity contribution in [3.63, 3.8) is 0 Å². The van der Waals surface area contributed by atoms with E-state index in [1.54, 1.807) is 11.8 Å². The number of anilines is 1. The van der Waals surface area contributed by atoms with E-state index in [4.69, 9.17) is 11.6 Å². The Hall–Kier alpha value is -0.690. The van der Waals surface area contributed by atoms with Crippen molar-refractivity contribution >= 4 is 29.2 Å². The fourth-order valence-electron chi connectivity index (χ4n) is 1.75. The summed E-state index contributed by atoms with van der Waals surface area (Å²) in [5.41, 5.74) is 0. The Morgan fingerprint density at radius 1 is 1.25 bits per heavy atom. The first-order valence-corrected chi connectivity index (χ1v) is 7.77. The number of halogens is 4. The van der Waals surface area contributed by atoms with E-state index in [0.717, 1.165) is 12.8 Å². The predicted molar refractivity (Wildman–Crippen MR) is 77.4 cm³/mol. The first kappa shape index (κ1) is 17.4. The Morgan fingerprint density at radius 3 is 2.30 bits per heavy atom. The quantitative estimate of drug-likeness (QED) is 0.782. The van der Waals surface area contributed by atoms with Gasteiger partial charge in [-0.15, -0.1) is 0 Å². The maximum absolute atomic E-state index is 12.6. The van der Waals surface area contributed by atoms with E-state index < -0.39 is 12.0 Å². The summed E-state index contributed by atoms with van der Waals surface area (Å²) in [6.07, 6.45) is -0.804. The van der Waals surface area contributed by atoms with E-state index in [2.05, 4.69) is 29.1 Å². The van der Waals surface area contributed by atoms with Gasteiger partial charge in [0.2, 0.25) is 5.82 Å². The summed E-state index contributed by atoms with van der Waals surface area (Å²) in [7, 11) is 0. The molecular formula is C12H17ClF3N3S. The Morgan fingerprint density at radius 2 is 1.85 bits per heavy atom. The van der Waals surface area contributed by atoms with Crippen LogP contribution in [0.25, 0.3) is 0 Å². The number of alkyl halides is 3. The molecule has 0 radical (unpaired) electrons. The molecule has 1 rings (SSSR count). The second-order valence-electron chi connectivity index (χ2n) is 4.35. The van der Waals surface area contributed by atoms with Gasteiger partial charge in [0.05, 0.1) is 0 Å². The van der Waals surface area contributed by atoms with Crippen LogP contribution >= 0.6 is 23.4 Å². The smallest absolute Gasteiger partial charge is 0.369 e. The molecule has 0 fully saturated rings. The van der Waals surface area contributed by atoms with E-state index in [1.165, 1.54) is 6.07 Å². The Kier molecular flexibility index (Phi) is 5.94. The van der Waals surface area contributed by atoms with E-state index in [0.29, 0.717) is 6.54 Å². The van der Waals surface area contributed by atoms with Crippen LogP contribution in [0.15, 0.2) is 6.07 Å². The molecule has 1 aromatic heterocycles. The standard InChI is InChI=1S/C12H17ClF3N3S/c1-4-11(5-2,20-3)7-17-9-6-8(13)18-10(19-9)12(14,15)16/h6H,4-5,7H2,1-3H3,(H,17,18,19). The van der Waals surface area contributed by atoms with Gasteiger partial charge in [-0.3, -0.25) is 0 Å². The fourth-order valence-corrected chi connectivity index (χ4v) is 2.72. The third-order valence-electron chi connectivity index (χ3n) is 3.26. The highest BCUT2D eigenvalue weighted by molar-refractivity contribution is 8.00. The SMILES string of the molecule is CCC(CC)(CNc1cc(Cl)nc(C(F)(F)F)n1)SC. The molecule has 0 saturated carbocycles. The molecule has 0 aliphatic rings. The molecule has 20 heavy (non-hydrogen) atoms. The van der Waals surface area contributed by atoms with Crippen molar-refractivity contribution in [2.24, 2.45) is 0 Å². The second-order valence-corrected chi connectivity index (χ2v) is 6.01. The fraction of sp³-hybridized carbons (Fsp3) is 0.667. The van der Waals surface area contributed by atoms with Crippen LogP contribution in [0.4, 0.5) is 19.0 Å². The van der Waals surface area contributed by atoms with Gasteiger partial charge < -0.3 is 5.32 Å². The lowest BCUT2D eigenvalue weighted by atomic mass is 10.0. The number of aromatic nitrogens is 2. The largest absolute Gasteiger partial charge is 0.451 e. The summed E-state index contributed by atoms with van der Waals surface area (Å²) >= 11 is 7.30. The average molecular weight is 328 g/mol. The van der Waals surface area contributed by atoms with Crippen molar-refractivity contribution in [2.45, 2.75) is 37.6 Å². The second kappa shape index (κ2) is 6.85. The van der Waals surface area contributed by atoms with Gasteiger partial charge in [0, 0.05) is 17.4 Å². The summed E-state index contributed by atoms with van der Waals surface area (Å²) in [5.74, 6) is -1.13.